The van der Waals surface area contributed by atoms with Crippen LogP contribution in [-0.2, 0) is 22.6 Å². The van der Waals surface area contributed by atoms with E-state index in [0.717, 1.165) is 0 Å². The molecule has 4 heterocycles. The first-order chi connectivity index (χ1) is 27.2. The van der Waals surface area contributed by atoms with Crippen LogP contribution in [0.1, 0.15) is 72.1 Å². The van der Waals surface area contributed by atoms with Crippen molar-refractivity contribution in [3.63, 3.8) is 0 Å². The predicted molar refractivity (Wildman–Crippen MR) is 203 cm³/mol. The zero-order valence-electron chi connectivity index (χ0n) is 30.7. The normalized spacial score (nSPS) is 21.9. The molecule has 0 atom stereocenters. The average molecular weight is 801 g/mol. The van der Waals surface area contributed by atoms with Crippen molar-refractivity contribution in [3.05, 3.63) is 70.8 Å². The number of carbonyl (C=O) groups excluding carboxylic acids is 3. The summed E-state index contributed by atoms with van der Waals surface area (Å²) in [4.78, 5) is 43.1. The Labute approximate surface area is 331 Å². The summed E-state index contributed by atoms with van der Waals surface area (Å²) in [5, 5.41) is 29.8. The number of esters is 1. The molecule has 17 heteroatoms. The van der Waals surface area contributed by atoms with Gasteiger partial charge in [0.05, 0.1) is 47.9 Å². The minimum atomic E-state index is -1.37. The molecule has 0 unspecified atom stereocenters. The van der Waals surface area contributed by atoms with E-state index in [4.69, 9.17) is 30.8 Å². The van der Waals surface area contributed by atoms with E-state index in [1.54, 1.807) is 16.1 Å². The number of aromatic nitrogens is 4. The summed E-state index contributed by atoms with van der Waals surface area (Å²) in [6, 6.07) is 5.41. The number of ether oxygens (including phenoxy) is 3. The highest BCUT2D eigenvalue weighted by Crippen LogP contribution is 2.40. The van der Waals surface area contributed by atoms with Crippen molar-refractivity contribution in [3.8, 4) is 58.0 Å². The van der Waals surface area contributed by atoms with Gasteiger partial charge < -0.3 is 50.1 Å². The second-order valence-electron chi connectivity index (χ2n) is 14.2. The third kappa shape index (κ3) is 8.38. The first-order valence-corrected chi connectivity index (χ1v) is 18.1. The van der Waals surface area contributed by atoms with Crippen LogP contribution in [0.2, 0.25) is 0 Å². The molecule has 0 radical (unpaired) electrons. The number of benzene rings is 2. The molecule has 0 spiro atoms. The van der Waals surface area contributed by atoms with Crippen molar-refractivity contribution < 1.29 is 52.7 Å². The van der Waals surface area contributed by atoms with E-state index < -0.39 is 40.6 Å². The Morgan fingerprint density at radius 3 is 1.69 bits per heavy atom. The number of aliphatic hydroxyl groups is 3. The molecule has 58 heavy (non-hydrogen) atoms. The number of hydrogen-bond acceptors (Lipinski definition) is 11. The van der Waals surface area contributed by atoms with Crippen molar-refractivity contribution in [2.75, 3.05) is 26.4 Å². The summed E-state index contributed by atoms with van der Waals surface area (Å²) in [6.07, 6.45) is 4.06. The van der Waals surface area contributed by atoms with Crippen molar-refractivity contribution in [2.24, 2.45) is 23.3 Å². The molecule has 8 rings (SSSR count). The molecule has 15 nitrogen and oxygen atoms in total. The molecule has 2 aliphatic carbocycles. The molecular weight excluding hydrogens is 758 g/mol. The van der Waals surface area contributed by atoms with E-state index in [-0.39, 0.29) is 80.2 Å². The molecular formula is C41H42F2N6O9. The first kappa shape index (κ1) is 41.4. The van der Waals surface area contributed by atoms with Crippen LogP contribution in [0.4, 0.5) is 8.78 Å². The topological polar surface area (TPSA) is 227 Å². The average Bonchev–Trinajstić information content (AvgIpc) is 3.69. The minimum absolute atomic E-state index is 0. The second kappa shape index (κ2) is 16.3. The number of hydrogen-bond donors (Lipinski definition) is 5. The number of aliphatic hydroxyl groups excluding tert-OH is 1. The fourth-order valence-electron chi connectivity index (χ4n) is 7.02. The highest BCUT2D eigenvalue weighted by Gasteiger charge is 2.46. The van der Waals surface area contributed by atoms with E-state index in [1.807, 2.05) is 0 Å². The highest BCUT2D eigenvalue weighted by molar-refractivity contribution is 5.92. The van der Waals surface area contributed by atoms with Crippen LogP contribution in [0.15, 0.2) is 36.7 Å². The van der Waals surface area contributed by atoms with E-state index in [2.05, 4.69) is 33.6 Å². The molecule has 2 aliphatic heterocycles. The molecule has 7 N–H and O–H groups in total. The first-order valence-electron chi connectivity index (χ1n) is 18.1. The van der Waals surface area contributed by atoms with Gasteiger partial charge in [0.25, 0.3) is 11.8 Å². The Hall–Kier alpha value is -6.27. The molecule has 2 aromatic heterocycles. The second-order valence-corrected chi connectivity index (χ2v) is 14.2. The fraction of sp³-hybridized carbons (Fsp3) is 0.390. The molecule has 0 saturated heterocycles. The maximum absolute atomic E-state index is 14.6. The number of carbonyl (C=O) groups is 3. The SMILES string of the molecule is C.CCOC(=O)C1CC(O)(C#Cc2cc3c(cc2F)OCCn2cc(C(N)=O)nc2-3)C1.NC(=O)c1cn2c(n1)-c1cc(C#CC3(O)CC(CO)C3)c(F)cc1OCC2. The van der Waals surface area contributed by atoms with Crippen LogP contribution >= 0.6 is 0 Å². The lowest BCUT2D eigenvalue weighted by Gasteiger charge is -2.38. The number of nitrogens with two attached hydrogens (primary N) is 2. The quantitative estimate of drug-likeness (QED) is 0.146. The number of amides is 2. The lowest BCUT2D eigenvalue weighted by Crippen LogP contribution is -2.46. The van der Waals surface area contributed by atoms with Crippen LogP contribution in [0.25, 0.3) is 22.8 Å². The molecule has 0 bridgehead atoms. The number of nitrogens with zero attached hydrogens (tertiary/aromatic N) is 4. The van der Waals surface area contributed by atoms with Gasteiger partial charge >= 0.3 is 5.97 Å². The number of rotatable bonds is 5. The molecule has 2 amide bonds. The van der Waals surface area contributed by atoms with E-state index in [0.29, 0.717) is 61.1 Å². The molecule has 4 aromatic rings. The van der Waals surface area contributed by atoms with Crippen molar-refractivity contribution in [2.45, 2.75) is 64.3 Å². The van der Waals surface area contributed by atoms with Gasteiger partial charge in [-0.3, -0.25) is 14.4 Å². The monoisotopic (exact) mass is 800 g/mol. The Balaban J connectivity index is 0.000000193. The molecule has 304 valence electrons. The van der Waals surface area contributed by atoms with E-state index in [1.165, 1.54) is 36.7 Å². The van der Waals surface area contributed by atoms with Crippen molar-refractivity contribution in [1.82, 2.24) is 19.1 Å². The summed E-state index contributed by atoms with van der Waals surface area (Å²) in [5.41, 5.74) is 9.37. The van der Waals surface area contributed by atoms with Gasteiger partial charge in [0.1, 0.15) is 70.6 Å². The summed E-state index contributed by atoms with van der Waals surface area (Å²) < 4.78 is 48.6. The maximum Gasteiger partial charge on any atom is 0.309 e. The number of primary amides is 2. The predicted octanol–water partition coefficient (Wildman–Crippen LogP) is 2.54. The fourth-order valence-corrected chi connectivity index (χ4v) is 7.02. The largest absolute Gasteiger partial charge is 0.491 e. The van der Waals surface area contributed by atoms with Crippen LogP contribution < -0.4 is 20.9 Å². The van der Waals surface area contributed by atoms with Crippen LogP contribution in [0, 0.1) is 47.2 Å². The maximum atomic E-state index is 14.6. The van der Waals surface area contributed by atoms with Gasteiger partial charge in [-0.1, -0.05) is 31.1 Å². The van der Waals surface area contributed by atoms with E-state index >= 15 is 0 Å². The van der Waals surface area contributed by atoms with Crippen LogP contribution in [0.5, 0.6) is 11.5 Å². The third-order valence-electron chi connectivity index (χ3n) is 10.0. The molecule has 2 fully saturated rings. The van der Waals surface area contributed by atoms with E-state index in [9.17, 15) is 33.4 Å². The summed E-state index contributed by atoms with van der Waals surface area (Å²) in [5.74, 6) is 8.93. The minimum Gasteiger partial charge on any atom is -0.491 e. The lowest BCUT2D eigenvalue weighted by molar-refractivity contribution is -0.158. The van der Waals surface area contributed by atoms with Gasteiger partial charge in [-0.05, 0) is 37.8 Å². The number of fused-ring (bicyclic) bond motifs is 6. The Morgan fingerprint density at radius 1 is 0.828 bits per heavy atom. The molecule has 2 saturated carbocycles. The third-order valence-corrected chi connectivity index (χ3v) is 10.0. The Kier molecular flexibility index (Phi) is 11.6. The van der Waals surface area contributed by atoms with Gasteiger partial charge in [0, 0.05) is 44.0 Å². The lowest BCUT2D eigenvalue weighted by atomic mass is 9.71. The van der Waals surface area contributed by atoms with Crippen molar-refractivity contribution >= 4 is 17.8 Å². The Morgan fingerprint density at radius 2 is 1.28 bits per heavy atom. The van der Waals surface area contributed by atoms with Gasteiger partial charge in [0.2, 0.25) is 0 Å². The highest BCUT2D eigenvalue weighted by atomic mass is 19.1. The zero-order chi connectivity index (χ0) is 40.6. The van der Waals surface area contributed by atoms with Crippen LogP contribution in [0.3, 0.4) is 0 Å². The van der Waals surface area contributed by atoms with Gasteiger partial charge in [-0.15, -0.1) is 0 Å². The standard InChI is InChI=1S/C21H20FN3O5.C19H18FN3O4.CH4/c1-2-29-20(27)13-9-21(28,10-13)4-3-12-7-14-17(8-15(12)22)30-6-5-25-11-16(18(23)26)24-19(14)25;20-14-6-16-13(5-12(14)1-2-19(26)7-11(8-19)10-24)18-22-15(17(21)25)9-23(18)3-4-27-16;/h7-8,11,13,28H,2,5-6,9-10H2,1H3,(H2,23,26);5-6,9,11,24,26H,3-4,7-8,10H2,(H2,21,25);1H4. The smallest absolute Gasteiger partial charge is 0.309 e. The summed E-state index contributed by atoms with van der Waals surface area (Å²) >= 11 is 0. The Bertz CT molecular complexity index is 2410. The van der Waals surface area contributed by atoms with Crippen LogP contribution in [-0.4, -0.2) is 89.8 Å². The molecule has 2 aromatic carbocycles. The summed E-state index contributed by atoms with van der Waals surface area (Å²) in [6.45, 7) is 3.41. The van der Waals surface area contributed by atoms with Gasteiger partial charge in [-0.25, -0.2) is 18.7 Å². The van der Waals surface area contributed by atoms with Gasteiger partial charge in [-0.2, -0.15) is 0 Å². The van der Waals surface area contributed by atoms with Gasteiger partial charge in [0.15, 0.2) is 0 Å². The summed E-state index contributed by atoms with van der Waals surface area (Å²) in [7, 11) is 0. The number of halogens is 2. The zero-order valence-corrected chi connectivity index (χ0v) is 30.7. The molecule has 4 aliphatic rings. The number of imidazole rings is 2. The van der Waals surface area contributed by atoms with Crippen molar-refractivity contribution in [1.29, 1.82) is 0 Å².